The van der Waals surface area contributed by atoms with Crippen LogP contribution in [-0.2, 0) is 4.79 Å². The lowest BCUT2D eigenvalue weighted by Crippen LogP contribution is -2.30. The molecule has 0 unspecified atom stereocenters. The molecule has 1 rings (SSSR count). The van der Waals surface area contributed by atoms with Gasteiger partial charge in [-0.3, -0.25) is 4.79 Å². The van der Waals surface area contributed by atoms with Crippen LogP contribution in [-0.4, -0.2) is 25.2 Å². The molecule has 0 aliphatic heterocycles. The molecule has 0 aromatic heterocycles. The van der Waals surface area contributed by atoms with E-state index >= 15 is 0 Å². The average Bonchev–Trinajstić information content (AvgIpc) is 2.28. The molecule has 2 N–H and O–H groups in total. The van der Waals surface area contributed by atoms with Crippen molar-refractivity contribution in [1.82, 2.24) is 5.32 Å². The van der Waals surface area contributed by atoms with Crippen LogP contribution in [0.3, 0.4) is 0 Å². The predicted octanol–water partition coefficient (Wildman–Crippen LogP) is 3.13. The standard InChI is InChI=1S/C12H14ClF3N2O/c1-8-2-3-9(13)6-10(8)18-11(19)7-17-5-4-12(14,15)16/h2-3,6,17H,4-5,7H2,1H3,(H,18,19). The molecular formula is C12H14ClF3N2O. The molecule has 0 saturated carbocycles. The van der Waals surface area contributed by atoms with Crippen LogP contribution in [0.4, 0.5) is 18.9 Å². The summed E-state index contributed by atoms with van der Waals surface area (Å²) < 4.78 is 35.6. The van der Waals surface area contributed by atoms with Crippen molar-refractivity contribution in [1.29, 1.82) is 0 Å². The van der Waals surface area contributed by atoms with Gasteiger partial charge in [0.15, 0.2) is 0 Å². The molecule has 0 radical (unpaired) electrons. The van der Waals surface area contributed by atoms with E-state index in [4.69, 9.17) is 11.6 Å². The first kappa shape index (κ1) is 15.8. The van der Waals surface area contributed by atoms with Crippen LogP contribution in [0, 0.1) is 6.92 Å². The van der Waals surface area contributed by atoms with Crippen LogP contribution in [0.2, 0.25) is 5.02 Å². The largest absolute Gasteiger partial charge is 0.390 e. The smallest absolute Gasteiger partial charge is 0.325 e. The summed E-state index contributed by atoms with van der Waals surface area (Å²) in [6.07, 6.45) is -5.18. The third-order valence-corrected chi connectivity index (χ3v) is 2.58. The number of rotatable bonds is 5. The summed E-state index contributed by atoms with van der Waals surface area (Å²) in [6, 6.07) is 5.02. The van der Waals surface area contributed by atoms with E-state index < -0.39 is 18.5 Å². The van der Waals surface area contributed by atoms with Crippen molar-refractivity contribution in [2.24, 2.45) is 0 Å². The second-order valence-corrected chi connectivity index (χ2v) is 4.49. The van der Waals surface area contributed by atoms with Crippen LogP contribution >= 0.6 is 11.6 Å². The molecule has 0 atom stereocenters. The van der Waals surface area contributed by atoms with E-state index in [2.05, 4.69) is 10.6 Å². The summed E-state index contributed by atoms with van der Waals surface area (Å²) in [7, 11) is 0. The molecule has 7 heteroatoms. The minimum atomic E-state index is -4.22. The molecule has 0 aliphatic carbocycles. The first-order chi connectivity index (χ1) is 8.78. The van der Waals surface area contributed by atoms with Crippen molar-refractivity contribution >= 4 is 23.2 Å². The van der Waals surface area contributed by atoms with Gasteiger partial charge in [0.25, 0.3) is 0 Å². The summed E-state index contributed by atoms with van der Waals surface area (Å²) in [6.45, 7) is 1.33. The highest BCUT2D eigenvalue weighted by atomic mass is 35.5. The second kappa shape index (κ2) is 6.77. The highest BCUT2D eigenvalue weighted by molar-refractivity contribution is 6.31. The Balaban J connectivity index is 2.37. The quantitative estimate of drug-likeness (QED) is 0.819. The monoisotopic (exact) mass is 294 g/mol. The maximum absolute atomic E-state index is 11.9. The highest BCUT2D eigenvalue weighted by Crippen LogP contribution is 2.20. The summed E-state index contributed by atoms with van der Waals surface area (Å²) in [5.74, 6) is -0.410. The van der Waals surface area contributed by atoms with Crippen LogP contribution in [0.1, 0.15) is 12.0 Å². The first-order valence-corrected chi connectivity index (χ1v) is 5.99. The van der Waals surface area contributed by atoms with Crippen molar-refractivity contribution in [2.45, 2.75) is 19.5 Å². The van der Waals surface area contributed by atoms with Crippen molar-refractivity contribution in [2.75, 3.05) is 18.4 Å². The number of benzene rings is 1. The maximum Gasteiger partial charge on any atom is 0.390 e. The van der Waals surface area contributed by atoms with Crippen molar-refractivity contribution in [3.05, 3.63) is 28.8 Å². The molecule has 3 nitrogen and oxygen atoms in total. The lowest BCUT2D eigenvalue weighted by atomic mass is 10.2. The Morgan fingerprint density at radius 1 is 1.37 bits per heavy atom. The van der Waals surface area contributed by atoms with E-state index in [0.29, 0.717) is 10.7 Å². The fraction of sp³-hybridized carbons (Fsp3) is 0.417. The van der Waals surface area contributed by atoms with Gasteiger partial charge in [0, 0.05) is 17.3 Å². The Morgan fingerprint density at radius 2 is 2.05 bits per heavy atom. The van der Waals surface area contributed by atoms with Crippen LogP contribution in [0.5, 0.6) is 0 Å². The van der Waals surface area contributed by atoms with Gasteiger partial charge in [-0.05, 0) is 24.6 Å². The second-order valence-electron chi connectivity index (χ2n) is 4.05. The summed E-state index contributed by atoms with van der Waals surface area (Å²) >= 11 is 5.79. The number of hydrogen-bond donors (Lipinski definition) is 2. The number of carbonyl (C=O) groups excluding carboxylic acids is 1. The van der Waals surface area contributed by atoms with Crippen LogP contribution < -0.4 is 10.6 Å². The van der Waals surface area contributed by atoms with Gasteiger partial charge in [0.2, 0.25) is 5.91 Å². The number of carbonyl (C=O) groups is 1. The van der Waals surface area contributed by atoms with Crippen molar-refractivity contribution in [3.8, 4) is 0 Å². The molecular weight excluding hydrogens is 281 g/mol. The lowest BCUT2D eigenvalue weighted by Gasteiger charge is -2.10. The van der Waals surface area contributed by atoms with E-state index in [1.54, 1.807) is 25.1 Å². The van der Waals surface area contributed by atoms with E-state index in [1.807, 2.05) is 0 Å². The molecule has 0 saturated heterocycles. The van der Waals surface area contributed by atoms with E-state index in [1.165, 1.54) is 0 Å². The topological polar surface area (TPSA) is 41.1 Å². The number of nitrogens with one attached hydrogen (secondary N) is 2. The van der Waals surface area contributed by atoms with Gasteiger partial charge in [-0.15, -0.1) is 0 Å². The summed E-state index contributed by atoms with van der Waals surface area (Å²) in [4.78, 5) is 11.5. The van der Waals surface area contributed by atoms with E-state index in [0.717, 1.165) is 5.56 Å². The molecule has 0 spiro atoms. The van der Waals surface area contributed by atoms with Crippen LogP contribution in [0.15, 0.2) is 18.2 Å². The van der Waals surface area contributed by atoms with Gasteiger partial charge in [0.05, 0.1) is 13.0 Å². The van der Waals surface area contributed by atoms with Gasteiger partial charge in [-0.2, -0.15) is 13.2 Å². The first-order valence-electron chi connectivity index (χ1n) is 5.61. The van der Waals surface area contributed by atoms with E-state index in [-0.39, 0.29) is 13.1 Å². The zero-order valence-electron chi connectivity index (χ0n) is 10.3. The summed E-state index contributed by atoms with van der Waals surface area (Å²) in [5, 5.41) is 5.49. The molecule has 0 bridgehead atoms. The molecule has 0 heterocycles. The Morgan fingerprint density at radius 3 is 2.68 bits per heavy atom. The zero-order valence-corrected chi connectivity index (χ0v) is 11.0. The predicted molar refractivity (Wildman–Crippen MR) is 68.4 cm³/mol. The average molecular weight is 295 g/mol. The Kier molecular flexibility index (Phi) is 5.62. The van der Waals surface area contributed by atoms with Gasteiger partial charge in [-0.1, -0.05) is 17.7 Å². The number of alkyl halides is 3. The highest BCUT2D eigenvalue weighted by Gasteiger charge is 2.26. The van der Waals surface area contributed by atoms with E-state index in [9.17, 15) is 18.0 Å². The molecule has 19 heavy (non-hydrogen) atoms. The number of halogens is 4. The number of hydrogen-bond acceptors (Lipinski definition) is 2. The van der Waals surface area contributed by atoms with Gasteiger partial charge in [-0.25, -0.2) is 0 Å². The minimum Gasteiger partial charge on any atom is -0.325 e. The Labute approximate surface area is 114 Å². The molecule has 106 valence electrons. The SMILES string of the molecule is Cc1ccc(Cl)cc1NC(=O)CNCCC(F)(F)F. The zero-order chi connectivity index (χ0) is 14.5. The molecule has 1 aromatic carbocycles. The Bertz CT molecular complexity index is 449. The fourth-order valence-electron chi connectivity index (χ4n) is 1.36. The summed E-state index contributed by atoms with van der Waals surface area (Å²) in [5.41, 5.74) is 1.38. The van der Waals surface area contributed by atoms with Crippen LogP contribution in [0.25, 0.3) is 0 Å². The third-order valence-electron chi connectivity index (χ3n) is 2.34. The third kappa shape index (κ3) is 6.45. The maximum atomic E-state index is 11.9. The molecule has 0 aliphatic rings. The molecule has 0 fully saturated rings. The Hall–Kier alpha value is -1.27. The lowest BCUT2D eigenvalue weighted by molar-refractivity contribution is -0.134. The van der Waals surface area contributed by atoms with Gasteiger partial charge in [0.1, 0.15) is 0 Å². The van der Waals surface area contributed by atoms with Gasteiger partial charge < -0.3 is 10.6 Å². The number of aryl methyl sites for hydroxylation is 1. The fourth-order valence-corrected chi connectivity index (χ4v) is 1.53. The van der Waals surface area contributed by atoms with Gasteiger partial charge >= 0.3 is 6.18 Å². The van der Waals surface area contributed by atoms with Crippen molar-refractivity contribution in [3.63, 3.8) is 0 Å². The van der Waals surface area contributed by atoms with Crippen molar-refractivity contribution < 1.29 is 18.0 Å². The molecule has 1 amide bonds. The normalized spacial score (nSPS) is 11.4. The number of anilines is 1. The number of amides is 1. The molecule has 1 aromatic rings. The minimum absolute atomic E-state index is 0.179.